The molecule has 2 aromatic rings. The van der Waals surface area contributed by atoms with Crippen molar-refractivity contribution in [1.29, 1.82) is 0 Å². The molecule has 1 saturated heterocycles. The number of quaternary nitrogens is 1. The average Bonchev–Trinajstić information content (AvgIpc) is 3.48. The van der Waals surface area contributed by atoms with Gasteiger partial charge in [-0.15, -0.1) is 11.3 Å². The number of carbonyl (C=O) groups excluding carboxylic acids is 3. The van der Waals surface area contributed by atoms with Crippen molar-refractivity contribution >= 4 is 29.1 Å². The molecule has 29 heavy (non-hydrogen) atoms. The number of nitrogens with zero attached hydrogens (tertiary/aromatic N) is 1. The zero-order valence-corrected chi connectivity index (χ0v) is 17.2. The smallest absolute Gasteiger partial charge is 0.261 e. The van der Waals surface area contributed by atoms with Gasteiger partial charge in [-0.3, -0.25) is 19.3 Å². The number of imide groups is 1. The van der Waals surface area contributed by atoms with Gasteiger partial charge < -0.3 is 10.2 Å². The highest BCUT2D eigenvalue weighted by molar-refractivity contribution is 7.10. The molecule has 1 aromatic carbocycles. The fraction of sp³-hybridized carbons (Fsp3) is 0.409. The standard InChI is InChI=1S/C22H25N3O3S/c26-20(23-15-18(19-9-6-14-29-19)24-11-3-4-12-24)10-5-13-25-21(27)16-7-1-2-8-17(16)22(25)28/h1-2,6-9,14,18H,3-5,10-13,15H2,(H,23,26)/p+1. The summed E-state index contributed by atoms with van der Waals surface area (Å²) in [7, 11) is 0. The van der Waals surface area contributed by atoms with E-state index >= 15 is 0 Å². The maximum atomic E-state index is 12.4. The lowest BCUT2D eigenvalue weighted by atomic mass is 10.1. The first-order chi connectivity index (χ1) is 14.1. The number of carbonyl (C=O) groups is 3. The first-order valence-electron chi connectivity index (χ1n) is 10.2. The lowest BCUT2D eigenvalue weighted by Crippen LogP contribution is -3.11. The predicted molar refractivity (Wildman–Crippen MR) is 111 cm³/mol. The van der Waals surface area contributed by atoms with Gasteiger partial charge in [0.25, 0.3) is 11.8 Å². The van der Waals surface area contributed by atoms with Gasteiger partial charge in [-0.1, -0.05) is 18.2 Å². The normalized spacial score (nSPS) is 17.6. The summed E-state index contributed by atoms with van der Waals surface area (Å²) in [5.74, 6) is -0.551. The van der Waals surface area contributed by atoms with E-state index in [4.69, 9.17) is 0 Å². The third kappa shape index (κ3) is 4.26. The van der Waals surface area contributed by atoms with Crippen LogP contribution < -0.4 is 10.2 Å². The predicted octanol–water partition coefficient (Wildman–Crippen LogP) is 1.66. The Balaban J connectivity index is 1.26. The third-order valence-electron chi connectivity index (χ3n) is 5.79. The van der Waals surface area contributed by atoms with Crippen molar-refractivity contribution in [1.82, 2.24) is 10.2 Å². The minimum Gasteiger partial charge on any atom is -0.350 e. The number of hydrogen-bond acceptors (Lipinski definition) is 4. The van der Waals surface area contributed by atoms with E-state index < -0.39 is 0 Å². The van der Waals surface area contributed by atoms with E-state index in [0.29, 0.717) is 36.6 Å². The average molecular weight is 413 g/mol. The van der Waals surface area contributed by atoms with Gasteiger partial charge in [-0.05, 0) is 30.0 Å². The molecule has 1 unspecified atom stereocenters. The second kappa shape index (κ2) is 8.88. The number of amides is 3. The highest BCUT2D eigenvalue weighted by Gasteiger charge is 2.34. The SMILES string of the molecule is O=C(CCCN1C(=O)c2ccccc2C1=O)NCC(c1cccs1)[NH+]1CCCC1. The number of rotatable bonds is 8. The van der Waals surface area contributed by atoms with Crippen LogP contribution in [0.15, 0.2) is 41.8 Å². The molecule has 3 amide bonds. The van der Waals surface area contributed by atoms with Crippen LogP contribution in [0.4, 0.5) is 0 Å². The molecule has 2 aliphatic heterocycles. The Morgan fingerprint density at radius 2 is 1.76 bits per heavy atom. The lowest BCUT2D eigenvalue weighted by molar-refractivity contribution is -0.918. The molecule has 0 radical (unpaired) electrons. The number of fused-ring (bicyclic) bond motifs is 1. The molecule has 6 nitrogen and oxygen atoms in total. The Bertz CT molecular complexity index is 855. The molecular formula is C22H26N3O3S+. The van der Waals surface area contributed by atoms with Crippen LogP contribution in [0.3, 0.4) is 0 Å². The second-order valence-corrected chi connectivity index (χ2v) is 8.63. The molecule has 1 atom stereocenters. The van der Waals surface area contributed by atoms with Crippen molar-refractivity contribution in [2.75, 3.05) is 26.2 Å². The van der Waals surface area contributed by atoms with Crippen LogP contribution in [0, 0.1) is 0 Å². The molecular weight excluding hydrogens is 386 g/mol. The van der Waals surface area contributed by atoms with Gasteiger partial charge in [0.2, 0.25) is 5.91 Å². The molecule has 4 rings (SSSR count). The molecule has 3 heterocycles. The van der Waals surface area contributed by atoms with E-state index in [-0.39, 0.29) is 24.3 Å². The van der Waals surface area contributed by atoms with E-state index in [9.17, 15) is 14.4 Å². The zero-order valence-electron chi connectivity index (χ0n) is 16.4. The molecule has 0 bridgehead atoms. The van der Waals surface area contributed by atoms with Gasteiger partial charge in [-0.2, -0.15) is 0 Å². The number of likely N-dealkylation sites (tertiary alicyclic amines) is 1. The van der Waals surface area contributed by atoms with E-state index in [1.807, 2.05) is 0 Å². The largest absolute Gasteiger partial charge is 0.350 e. The molecule has 2 aliphatic rings. The van der Waals surface area contributed by atoms with Crippen molar-refractivity contribution in [3.05, 3.63) is 57.8 Å². The minimum absolute atomic E-state index is 0.0261. The number of hydrogen-bond donors (Lipinski definition) is 2. The van der Waals surface area contributed by atoms with Crippen LogP contribution in [0.25, 0.3) is 0 Å². The molecule has 152 valence electrons. The van der Waals surface area contributed by atoms with E-state index in [0.717, 1.165) is 13.1 Å². The van der Waals surface area contributed by atoms with Gasteiger partial charge in [0.05, 0.1) is 35.6 Å². The summed E-state index contributed by atoms with van der Waals surface area (Å²) in [6.07, 6.45) is 3.26. The molecule has 1 aromatic heterocycles. The summed E-state index contributed by atoms with van der Waals surface area (Å²) in [6, 6.07) is 11.4. The Morgan fingerprint density at radius 3 is 2.38 bits per heavy atom. The van der Waals surface area contributed by atoms with Crippen LogP contribution in [0.5, 0.6) is 0 Å². The zero-order chi connectivity index (χ0) is 20.2. The minimum atomic E-state index is -0.263. The summed E-state index contributed by atoms with van der Waals surface area (Å²) in [4.78, 5) is 41.2. The molecule has 2 N–H and O–H groups in total. The Kier molecular flexibility index (Phi) is 6.06. The second-order valence-electron chi connectivity index (χ2n) is 7.65. The van der Waals surface area contributed by atoms with Gasteiger partial charge in [0.15, 0.2) is 0 Å². The Morgan fingerprint density at radius 1 is 1.07 bits per heavy atom. The monoisotopic (exact) mass is 412 g/mol. The van der Waals surface area contributed by atoms with Crippen molar-refractivity contribution in [3.63, 3.8) is 0 Å². The van der Waals surface area contributed by atoms with Crippen LogP contribution in [0.1, 0.15) is 57.3 Å². The summed E-state index contributed by atoms with van der Waals surface area (Å²) < 4.78 is 0. The number of nitrogens with one attached hydrogen (secondary N) is 2. The third-order valence-corrected chi connectivity index (χ3v) is 6.78. The maximum Gasteiger partial charge on any atom is 0.261 e. The first-order valence-corrected chi connectivity index (χ1v) is 11.1. The highest BCUT2D eigenvalue weighted by atomic mass is 32.1. The van der Waals surface area contributed by atoms with E-state index in [1.54, 1.807) is 40.5 Å². The number of thiophene rings is 1. The van der Waals surface area contributed by atoms with E-state index in [2.05, 4.69) is 22.8 Å². The van der Waals surface area contributed by atoms with Crippen LogP contribution >= 0.6 is 11.3 Å². The first kappa shape index (κ1) is 19.8. The van der Waals surface area contributed by atoms with Crippen LogP contribution in [-0.4, -0.2) is 48.8 Å². The van der Waals surface area contributed by atoms with Crippen LogP contribution in [-0.2, 0) is 4.79 Å². The lowest BCUT2D eigenvalue weighted by Gasteiger charge is -2.24. The topological polar surface area (TPSA) is 70.9 Å². The van der Waals surface area contributed by atoms with Gasteiger partial charge in [-0.25, -0.2) is 0 Å². The highest BCUT2D eigenvalue weighted by Crippen LogP contribution is 2.22. The van der Waals surface area contributed by atoms with Crippen LogP contribution in [0.2, 0.25) is 0 Å². The van der Waals surface area contributed by atoms with Crippen molar-refractivity contribution in [2.24, 2.45) is 0 Å². The molecule has 0 saturated carbocycles. The van der Waals surface area contributed by atoms with Gasteiger partial charge in [0, 0.05) is 25.8 Å². The van der Waals surface area contributed by atoms with Gasteiger partial charge in [0.1, 0.15) is 6.04 Å². The fourth-order valence-electron chi connectivity index (χ4n) is 4.26. The molecule has 7 heteroatoms. The summed E-state index contributed by atoms with van der Waals surface area (Å²) in [5, 5.41) is 5.16. The molecule has 1 fully saturated rings. The number of benzene rings is 1. The van der Waals surface area contributed by atoms with Crippen molar-refractivity contribution in [2.45, 2.75) is 31.7 Å². The van der Waals surface area contributed by atoms with E-state index in [1.165, 1.54) is 22.6 Å². The Labute approximate surface area is 174 Å². The quantitative estimate of drug-likeness (QED) is 0.648. The molecule has 0 aliphatic carbocycles. The fourth-order valence-corrected chi connectivity index (χ4v) is 5.14. The maximum absolute atomic E-state index is 12.4. The summed E-state index contributed by atoms with van der Waals surface area (Å²) in [5.41, 5.74) is 0.906. The Hall–Kier alpha value is -2.51. The van der Waals surface area contributed by atoms with Crippen molar-refractivity contribution in [3.8, 4) is 0 Å². The van der Waals surface area contributed by atoms with Crippen molar-refractivity contribution < 1.29 is 19.3 Å². The molecule has 0 spiro atoms. The van der Waals surface area contributed by atoms with Gasteiger partial charge >= 0.3 is 0 Å². The summed E-state index contributed by atoms with van der Waals surface area (Å²) >= 11 is 1.74. The summed E-state index contributed by atoms with van der Waals surface area (Å²) in [6.45, 7) is 3.20.